The maximum Gasteiger partial charge on any atom is 0.251 e. The van der Waals surface area contributed by atoms with Crippen molar-refractivity contribution in [2.24, 2.45) is 0 Å². The summed E-state index contributed by atoms with van der Waals surface area (Å²) < 4.78 is 1.76. The summed E-state index contributed by atoms with van der Waals surface area (Å²) in [4.78, 5) is 14.5. The Balaban J connectivity index is 1.33. The highest BCUT2D eigenvalue weighted by Crippen LogP contribution is 2.37. The maximum atomic E-state index is 12.6. The number of nitrogens with one attached hydrogen (secondary N) is 1. The Hall–Kier alpha value is -3.40. The highest BCUT2D eigenvalue weighted by atomic mass is 16.1. The van der Waals surface area contributed by atoms with Gasteiger partial charge in [-0.05, 0) is 55.7 Å². The van der Waals surface area contributed by atoms with E-state index >= 15 is 0 Å². The third-order valence-corrected chi connectivity index (χ3v) is 5.69. The van der Waals surface area contributed by atoms with Crippen LogP contribution in [-0.2, 0) is 0 Å². The molecular formula is C20H18N6O. The van der Waals surface area contributed by atoms with E-state index in [0.29, 0.717) is 5.56 Å². The first-order chi connectivity index (χ1) is 13.2. The van der Waals surface area contributed by atoms with Gasteiger partial charge in [0.25, 0.3) is 5.91 Å². The van der Waals surface area contributed by atoms with Crippen LogP contribution in [0.4, 0.5) is 0 Å². The molecule has 1 N–H and O–H groups in total. The van der Waals surface area contributed by atoms with Gasteiger partial charge in [-0.15, -0.1) is 5.10 Å². The second-order valence-electron chi connectivity index (χ2n) is 7.16. The average molecular weight is 358 g/mol. The molecular weight excluding hydrogens is 340 g/mol. The number of para-hydroxylation sites is 1. The second-order valence-corrected chi connectivity index (χ2v) is 7.16. The van der Waals surface area contributed by atoms with Crippen LogP contribution in [0.25, 0.3) is 16.7 Å². The van der Waals surface area contributed by atoms with E-state index in [2.05, 4.69) is 21.8 Å². The number of aromatic nitrogens is 3. The molecule has 1 aromatic heterocycles. The Labute approximate surface area is 156 Å². The number of carbonyl (C=O) groups excluding carboxylic acids is 1. The van der Waals surface area contributed by atoms with Gasteiger partial charge in [0.15, 0.2) is 6.19 Å². The number of amides is 1. The molecule has 2 aliphatic heterocycles. The normalized spacial score (nSPS) is 23.5. The van der Waals surface area contributed by atoms with Crippen molar-refractivity contribution in [1.29, 1.82) is 5.26 Å². The first-order valence-corrected chi connectivity index (χ1v) is 9.14. The molecule has 3 heterocycles. The minimum atomic E-state index is -0.0968. The predicted molar refractivity (Wildman–Crippen MR) is 99.0 cm³/mol. The van der Waals surface area contributed by atoms with E-state index in [0.717, 1.165) is 36.0 Å². The van der Waals surface area contributed by atoms with Crippen LogP contribution < -0.4 is 5.32 Å². The molecule has 0 saturated carbocycles. The van der Waals surface area contributed by atoms with Gasteiger partial charge in [0.2, 0.25) is 0 Å². The van der Waals surface area contributed by atoms with E-state index in [1.54, 1.807) is 16.8 Å². The fourth-order valence-electron chi connectivity index (χ4n) is 4.37. The van der Waals surface area contributed by atoms with Crippen molar-refractivity contribution in [2.45, 2.75) is 37.4 Å². The van der Waals surface area contributed by atoms with Gasteiger partial charge in [-0.2, -0.15) is 5.26 Å². The van der Waals surface area contributed by atoms with Crippen molar-refractivity contribution in [3.63, 3.8) is 0 Å². The maximum absolute atomic E-state index is 12.6. The Morgan fingerprint density at radius 2 is 1.96 bits per heavy atom. The van der Waals surface area contributed by atoms with E-state index in [4.69, 9.17) is 0 Å². The SMILES string of the molecule is N#CN1[C@H]2CC[C@@H]1[C@H](NC(=O)c1ccc(-n3nnc4ccccc43)cc1)C2. The number of fused-ring (bicyclic) bond motifs is 3. The molecule has 134 valence electrons. The summed E-state index contributed by atoms with van der Waals surface area (Å²) in [6.45, 7) is 0. The Kier molecular flexibility index (Phi) is 3.57. The number of nitriles is 1. The van der Waals surface area contributed by atoms with Gasteiger partial charge in [0.1, 0.15) is 5.52 Å². The summed E-state index contributed by atoms with van der Waals surface area (Å²) >= 11 is 0. The molecule has 2 aliphatic rings. The first-order valence-electron chi connectivity index (χ1n) is 9.14. The third kappa shape index (κ3) is 2.53. The zero-order valence-electron chi connectivity index (χ0n) is 14.6. The van der Waals surface area contributed by atoms with Gasteiger partial charge >= 0.3 is 0 Å². The summed E-state index contributed by atoms with van der Waals surface area (Å²) in [7, 11) is 0. The van der Waals surface area contributed by atoms with Crippen molar-refractivity contribution in [3.05, 3.63) is 54.1 Å². The monoisotopic (exact) mass is 358 g/mol. The lowest BCUT2D eigenvalue weighted by atomic mass is 9.95. The molecule has 3 atom stereocenters. The zero-order chi connectivity index (χ0) is 18.4. The standard InChI is InChI=1S/C20H18N6O/c21-12-25-15-9-10-18(25)17(11-15)22-20(27)13-5-7-14(8-6-13)26-19-4-2-1-3-16(19)23-24-26/h1-8,15,17-18H,9-11H2,(H,22,27)/t15-,17+,18+/m0/s1. The summed E-state index contributed by atoms with van der Waals surface area (Å²) in [5.74, 6) is -0.0968. The molecule has 3 aromatic rings. The number of hydrogen-bond donors (Lipinski definition) is 1. The lowest BCUT2D eigenvalue weighted by Crippen LogP contribution is -2.43. The second kappa shape index (κ2) is 6.09. The van der Waals surface area contributed by atoms with Crippen LogP contribution in [0.15, 0.2) is 48.5 Å². The number of hydrogen-bond acceptors (Lipinski definition) is 5. The molecule has 27 heavy (non-hydrogen) atoms. The number of carbonyl (C=O) groups is 1. The van der Waals surface area contributed by atoms with Gasteiger partial charge in [-0.3, -0.25) is 4.79 Å². The van der Waals surface area contributed by atoms with Crippen LogP contribution >= 0.6 is 0 Å². The van der Waals surface area contributed by atoms with Crippen LogP contribution in [0.5, 0.6) is 0 Å². The number of nitrogens with zero attached hydrogens (tertiary/aromatic N) is 5. The van der Waals surface area contributed by atoms with E-state index in [-0.39, 0.29) is 24.0 Å². The smallest absolute Gasteiger partial charge is 0.251 e. The molecule has 1 amide bonds. The number of rotatable bonds is 3. The zero-order valence-corrected chi connectivity index (χ0v) is 14.6. The molecule has 2 bridgehead atoms. The molecule has 2 aromatic carbocycles. The fraction of sp³-hybridized carbons (Fsp3) is 0.300. The van der Waals surface area contributed by atoms with Crippen molar-refractivity contribution in [3.8, 4) is 11.9 Å². The third-order valence-electron chi connectivity index (χ3n) is 5.69. The molecule has 0 aliphatic carbocycles. The topological polar surface area (TPSA) is 86.8 Å². The van der Waals surface area contributed by atoms with E-state index in [1.165, 1.54) is 0 Å². The van der Waals surface area contributed by atoms with Gasteiger partial charge in [-0.1, -0.05) is 17.3 Å². The van der Waals surface area contributed by atoms with E-state index < -0.39 is 0 Å². The Morgan fingerprint density at radius 1 is 1.15 bits per heavy atom. The lowest BCUT2D eigenvalue weighted by molar-refractivity contribution is 0.0928. The van der Waals surface area contributed by atoms with Crippen molar-refractivity contribution >= 4 is 16.9 Å². The molecule has 7 nitrogen and oxygen atoms in total. The number of benzene rings is 2. The van der Waals surface area contributed by atoms with Crippen molar-refractivity contribution in [1.82, 2.24) is 25.2 Å². The molecule has 5 rings (SSSR count). The summed E-state index contributed by atoms with van der Waals surface area (Å²) in [6, 6.07) is 15.6. The fourth-order valence-corrected chi connectivity index (χ4v) is 4.37. The highest BCUT2D eigenvalue weighted by molar-refractivity contribution is 5.94. The largest absolute Gasteiger partial charge is 0.347 e. The molecule has 0 unspecified atom stereocenters. The van der Waals surface area contributed by atoms with Crippen LogP contribution in [0.2, 0.25) is 0 Å². The lowest BCUT2D eigenvalue weighted by Gasteiger charge is -2.21. The molecule has 7 heteroatoms. The molecule has 2 fully saturated rings. The van der Waals surface area contributed by atoms with E-state index in [1.807, 2.05) is 41.3 Å². The van der Waals surface area contributed by atoms with Crippen LogP contribution in [0.1, 0.15) is 29.6 Å². The Morgan fingerprint density at radius 3 is 2.74 bits per heavy atom. The average Bonchev–Trinajstić information content (AvgIpc) is 3.40. The van der Waals surface area contributed by atoms with Crippen LogP contribution in [0.3, 0.4) is 0 Å². The first kappa shape index (κ1) is 15.8. The van der Waals surface area contributed by atoms with Gasteiger partial charge < -0.3 is 10.2 Å². The molecule has 2 saturated heterocycles. The minimum absolute atomic E-state index is 0.0508. The Bertz CT molecular complexity index is 1050. The van der Waals surface area contributed by atoms with Crippen molar-refractivity contribution in [2.75, 3.05) is 0 Å². The molecule has 0 radical (unpaired) electrons. The summed E-state index contributed by atoms with van der Waals surface area (Å²) in [5, 5.41) is 20.7. The minimum Gasteiger partial charge on any atom is -0.347 e. The quantitative estimate of drug-likeness (QED) is 0.726. The predicted octanol–water partition coefficient (Wildman–Crippen LogP) is 2.24. The van der Waals surface area contributed by atoms with Gasteiger partial charge in [-0.25, -0.2) is 4.68 Å². The van der Waals surface area contributed by atoms with Crippen LogP contribution in [0, 0.1) is 11.5 Å². The van der Waals surface area contributed by atoms with Gasteiger partial charge in [0.05, 0.1) is 23.3 Å². The highest BCUT2D eigenvalue weighted by Gasteiger charge is 2.46. The van der Waals surface area contributed by atoms with Gasteiger partial charge in [0, 0.05) is 11.6 Å². The van der Waals surface area contributed by atoms with Crippen molar-refractivity contribution < 1.29 is 4.79 Å². The molecule has 0 spiro atoms. The summed E-state index contributed by atoms with van der Waals surface area (Å²) in [6.07, 6.45) is 5.15. The van der Waals surface area contributed by atoms with E-state index in [9.17, 15) is 10.1 Å². The summed E-state index contributed by atoms with van der Waals surface area (Å²) in [5.41, 5.74) is 3.22. The van der Waals surface area contributed by atoms with Crippen LogP contribution in [-0.4, -0.2) is 43.9 Å².